The minimum Gasteiger partial charge on any atom is -0.391 e. The number of aromatic nitrogens is 2. The van der Waals surface area contributed by atoms with Gasteiger partial charge in [0.15, 0.2) is 5.82 Å². The maximum absolute atomic E-state index is 9.93. The third-order valence-corrected chi connectivity index (χ3v) is 3.55. The van der Waals surface area contributed by atoms with E-state index in [1.54, 1.807) is 6.20 Å². The molecule has 0 aliphatic carbocycles. The predicted molar refractivity (Wildman–Crippen MR) is 73.2 cm³/mol. The molecule has 0 bridgehead atoms. The van der Waals surface area contributed by atoms with Gasteiger partial charge in [0, 0.05) is 19.6 Å². The quantitative estimate of drug-likeness (QED) is 0.877. The minimum absolute atomic E-state index is 0.327. The van der Waals surface area contributed by atoms with Crippen molar-refractivity contribution >= 4 is 23.4 Å². The standard InChI is InChI=1S/C12H19ClN4O/c1-3-14-12-15-6-9(13)11(16-12)17-5-4-8(2)10(18)7-17/h6,8,10,18H,3-5,7H2,1-2H3,(H,14,15,16). The molecule has 0 radical (unpaired) electrons. The van der Waals surface area contributed by atoms with Crippen LogP contribution in [0.15, 0.2) is 6.20 Å². The van der Waals surface area contributed by atoms with Crippen LogP contribution in [0.4, 0.5) is 11.8 Å². The Morgan fingerprint density at radius 3 is 3.06 bits per heavy atom. The lowest BCUT2D eigenvalue weighted by Crippen LogP contribution is -2.43. The number of anilines is 2. The second-order valence-corrected chi connectivity index (χ2v) is 5.08. The molecule has 1 aromatic heterocycles. The number of aliphatic hydroxyl groups is 1. The Morgan fingerprint density at radius 1 is 1.61 bits per heavy atom. The zero-order valence-corrected chi connectivity index (χ0v) is 11.5. The molecule has 2 rings (SSSR count). The van der Waals surface area contributed by atoms with E-state index in [0.29, 0.717) is 29.3 Å². The first kappa shape index (κ1) is 13.4. The van der Waals surface area contributed by atoms with Gasteiger partial charge in [0.25, 0.3) is 0 Å². The van der Waals surface area contributed by atoms with Crippen LogP contribution in [0.1, 0.15) is 20.3 Å². The van der Waals surface area contributed by atoms with Gasteiger partial charge in [-0.1, -0.05) is 18.5 Å². The van der Waals surface area contributed by atoms with Crippen molar-refractivity contribution in [3.05, 3.63) is 11.2 Å². The van der Waals surface area contributed by atoms with E-state index in [1.165, 1.54) is 0 Å². The fourth-order valence-electron chi connectivity index (χ4n) is 2.06. The molecule has 2 atom stereocenters. The number of nitrogens with zero attached hydrogens (tertiary/aromatic N) is 3. The van der Waals surface area contributed by atoms with E-state index in [4.69, 9.17) is 11.6 Å². The first-order valence-electron chi connectivity index (χ1n) is 6.31. The van der Waals surface area contributed by atoms with Crippen molar-refractivity contribution in [1.82, 2.24) is 9.97 Å². The molecule has 100 valence electrons. The van der Waals surface area contributed by atoms with Crippen LogP contribution >= 0.6 is 11.6 Å². The van der Waals surface area contributed by atoms with Crippen LogP contribution in [0.3, 0.4) is 0 Å². The van der Waals surface area contributed by atoms with Gasteiger partial charge in [-0.3, -0.25) is 0 Å². The molecule has 0 aromatic carbocycles. The molecule has 1 fully saturated rings. The molecule has 1 aromatic rings. The Morgan fingerprint density at radius 2 is 2.39 bits per heavy atom. The maximum atomic E-state index is 9.93. The van der Waals surface area contributed by atoms with Crippen LogP contribution in [0, 0.1) is 5.92 Å². The highest BCUT2D eigenvalue weighted by molar-refractivity contribution is 6.32. The van der Waals surface area contributed by atoms with Gasteiger partial charge in [-0.2, -0.15) is 4.98 Å². The molecule has 6 heteroatoms. The average molecular weight is 271 g/mol. The Bertz CT molecular complexity index is 415. The van der Waals surface area contributed by atoms with Crippen LogP contribution in [0.2, 0.25) is 5.02 Å². The predicted octanol–water partition coefficient (Wildman–Crippen LogP) is 1.77. The fraction of sp³-hybridized carbons (Fsp3) is 0.667. The van der Waals surface area contributed by atoms with E-state index in [-0.39, 0.29) is 6.10 Å². The summed E-state index contributed by atoms with van der Waals surface area (Å²) in [6.45, 7) is 6.25. The van der Waals surface area contributed by atoms with Crippen molar-refractivity contribution in [2.45, 2.75) is 26.4 Å². The summed E-state index contributed by atoms with van der Waals surface area (Å²) in [5.74, 6) is 1.61. The summed E-state index contributed by atoms with van der Waals surface area (Å²) in [6.07, 6.45) is 2.22. The van der Waals surface area contributed by atoms with E-state index in [9.17, 15) is 5.11 Å². The van der Waals surface area contributed by atoms with E-state index >= 15 is 0 Å². The molecular weight excluding hydrogens is 252 g/mol. The highest BCUT2D eigenvalue weighted by atomic mass is 35.5. The Labute approximate surface area is 112 Å². The van der Waals surface area contributed by atoms with Gasteiger partial charge >= 0.3 is 0 Å². The molecule has 1 aliphatic heterocycles. The fourth-order valence-corrected chi connectivity index (χ4v) is 2.28. The van der Waals surface area contributed by atoms with Crippen molar-refractivity contribution < 1.29 is 5.11 Å². The molecule has 18 heavy (non-hydrogen) atoms. The van der Waals surface area contributed by atoms with Gasteiger partial charge in [-0.15, -0.1) is 0 Å². The van der Waals surface area contributed by atoms with Crippen LogP contribution in [-0.4, -0.2) is 40.8 Å². The monoisotopic (exact) mass is 270 g/mol. The number of hydrogen-bond acceptors (Lipinski definition) is 5. The third kappa shape index (κ3) is 2.84. The SMILES string of the molecule is CCNc1ncc(Cl)c(N2CCC(C)C(O)C2)n1. The highest BCUT2D eigenvalue weighted by Gasteiger charge is 2.26. The number of aliphatic hydroxyl groups excluding tert-OH is 1. The van der Waals surface area contributed by atoms with Gasteiger partial charge < -0.3 is 15.3 Å². The highest BCUT2D eigenvalue weighted by Crippen LogP contribution is 2.28. The van der Waals surface area contributed by atoms with Crippen molar-refractivity contribution in [1.29, 1.82) is 0 Å². The topological polar surface area (TPSA) is 61.3 Å². The lowest BCUT2D eigenvalue weighted by molar-refractivity contribution is 0.102. The third-order valence-electron chi connectivity index (χ3n) is 3.28. The largest absolute Gasteiger partial charge is 0.391 e. The second kappa shape index (κ2) is 5.71. The van der Waals surface area contributed by atoms with E-state index in [1.807, 2.05) is 11.8 Å². The molecule has 2 N–H and O–H groups in total. The van der Waals surface area contributed by atoms with Gasteiger partial charge in [0.2, 0.25) is 5.95 Å². The molecule has 2 unspecified atom stereocenters. The Kier molecular flexibility index (Phi) is 4.24. The van der Waals surface area contributed by atoms with Crippen molar-refractivity contribution in [3.8, 4) is 0 Å². The summed E-state index contributed by atoms with van der Waals surface area (Å²) in [5, 5.41) is 13.5. The van der Waals surface area contributed by atoms with Crippen LogP contribution < -0.4 is 10.2 Å². The first-order valence-corrected chi connectivity index (χ1v) is 6.69. The minimum atomic E-state index is -0.327. The van der Waals surface area contributed by atoms with Gasteiger partial charge in [0.1, 0.15) is 5.02 Å². The summed E-state index contributed by atoms with van der Waals surface area (Å²) in [5.41, 5.74) is 0. The van der Waals surface area contributed by atoms with Crippen LogP contribution in [0.25, 0.3) is 0 Å². The second-order valence-electron chi connectivity index (χ2n) is 4.67. The Hall–Kier alpha value is -1.07. The van der Waals surface area contributed by atoms with Gasteiger partial charge in [-0.25, -0.2) is 4.98 Å². The maximum Gasteiger partial charge on any atom is 0.224 e. The summed E-state index contributed by atoms with van der Waals surface area (Å²) in [7, 11) is 0. The molecule has 1 saturated heterocycles. The van der Waals surface area contributed by atoms with Crippen LogP contribution in [-0.2, 0) is 0 Å². The number of piperidine rings is 1. The molecule has 1 aliphatic rings. The smallest absolute Gasteiger partial charge is 0.224 e. The number of hydrogen-bond donors (Lipinski definition) is 2. The van der Waals surface area contributed by atoms with Crippen molar-refractivity contribution in [2.75, 3.05) is 29.9 Å². The van der Waals surface area contributed by atoms with Gasteiger partial charge in [0.05, 0.1) is 12.3 Å². The number of rotatable bonds is 3. The summed E-state index contributed by atoms with van der Waals surface area (Å²) < 4.78 is 0. The molecule has 2 heterocycles. The molecule has 0 spiro atoms. The summed E-state index contributed by atoms with van der Waals surface area (Å²) in [4.78, 5) is 10.5. The first-order chi connectivity index (χ1) is 8.61. The molecule has 0 saturated carbocycles. The lowest BCUT2D eigenvalue weighted by atomic mass is 9.96. The zero-order valence-electron chi connectivity index (χ0n) is 10.7. The van der Waals surface area contributed by atoms with E-state index in [2.05, 4.69) is 22.2 Å². The molecular formula is C12H19ClN4O. The summed E-state index contributed by atoms with van der Waals surface area (Å²) >= 11 is 6.14. The lowest BCUT2D eigenvalue weighted by Gasteiger charge is -2.35. The van der Waals surface area contributed by atoms with Crippen molar-refractivity contribution in [2.24, 2.45) is 5.92 Å². The molecule has 0 amide bonds. The van der Waals surface area contributed by atoms with Crippen LogP contribution in [0.5, 0.6) is 0 Å². The van der Waals surface area contributed by atoms with Gasteiger partial charge in [-0.05, 0) is 19.3 Å². The summed E-state index contributed by atoms with van der Waals surface area (Å²) in [6, 6.07) is 0. The Balaban J connectivity index is 2.19. The molecule has 5 nitrogen and oxygen atoms in total. The number of halogens is 1. The average Bonchev–Trinajstić information content (AvgIpc) is 2.35. The van der Waals surface area contributed by atoms with E-state index in [0.717, 1.165) is 19.5 Å². The number of β-amino-alcohol motifs (C(OH)–C–C–N with tert-alkyl or cyclic N) is 1. The normalized spacial score (nSPS) is 24.1. The van der Waals surface area contributed by atoms with E-state index < -0.39 is 0 Å². The zero-order chi connectivity index (χ0) is 13.1. The number of nitrogens with one attached hydrogen (secondary N) is 1. The van der Waals surface area contributed by atoms with Crippen molar-refractivity contribution in [3.63, 3.8) is 0 Å².